The average molecular weight is 368 g/mol. The van der Waals surface area contributed by atoms with Crippen molar-refractivity contribution in [3.05, 3.63) is 53.8 Å². The van der Waals surface area contributed by atoms with Gasteiger partial charge in [-0.1, -0.05) is 41.1 Å². The zero-order valence-electron chi connectivity index (χ0n) is 15.1. The van der Waals surface area contributed by atoms with Crippen molar-refractivity contribution in [2.24, 2.45) is 10.3 Å². The number of anilines is 1. The third kappa shape index (κ3) is 7.67. The Labute approximate surface area is 154 Å². The Kier molecular flexibility index (Phi) is 9.16. The van der Waals surface area contributed by atoms with Gasteiger partial charge in [-0.25, -0.2) is 4.39 Å². The Balaban J connectivity index is 2.58. The zero-order valence-corrected chi connectivity index (χ0v) is 15.9. The summed E-state index contributed by atoms with van der Waals surface area (Å²) in [4.78, 5) is 0. The fourth-order valence-corrected chi connectivity index (χ4v) is 2.24. The lowest BCUT2D eigenvalue weighted by molar-refractivity contribution is 0.307. The molecule has 0 fully saturated rings. The Morgan fingerprint density at radius 2 is 2.20 bits per heavy atom. The van der Waals surface area contributed by atoms with Gasteiger partial charge < -0.3 is 5.32 Å². The van der Waals surface area contributed by atoms with Crippen molar-refractivity contribution < 1.29 is 4.39 Å². The minimum Gasteiger partial charge on any atom is -0.376 e. The first-order valence-corrected chi connectivity index (χ1v) is 8.55. The molecule has 2 atom stereocenters. The molecule has 2 unspecified atom stereocenters. The fraction of sp³-hybridized carbons (Fsp3) is 0.444. The third-order valence-electron chi connectivity index (χ3n) is 3.55. The van der Waals surface area contributed by atoms with E-state index in [1.54, 1.807) is 23.2 Å². The molecule has 0 aliphatic carbocycles. The van der Waals surface area contributed by atoms with Crippen LogP contribution in [-0.4, -0.2) is 37.4 Å². The molecule has 138 valence electrons. The summed E-state index contributed by atoms with van der Waals surface area (Å²) in [6, 6.07) is 4.80. The molecular weight excluding hydrogens is 341 g/mol. The van der Waals surface area contributed by atoms with Crippen molar-refractivity contribution in [2.45, 2.75) is 32.5 Å². The van der Waals surface area contributed by atoms with E-state index < -0.39 is 5.82 Å². The third-order valence-corrected chi connectivity index (χ3v) is 3.84. The van der Waals surface area contributed by atoms with E-state index in [4.69, 9.17) is 11.6 Å². The zero-order chi connectivity index (χ0) is 18.8. The molecular formula is C18H27ClFN5. The number of hydrogen-bond donors (Lipinski definition) is 2. The van der Waals surface area contributed by atoms with Gasteiger partial charge in [0.2, 0.25) is 0 Å². The normalized spacial score (nSPS) is 13.5. The molecule has 0 bridgehead atoms. The van der Waals surface area contributed by atoms with Crippen molar-refractivity contribution in [1.82, 2.24) is 10.3 Å². The fourth-order valence-electron chi connectivity index (χ4n) is 2.07. The highest BCUT2D eigenvalue weighted by Crippen LogP contribution is 2.24. The summed E-state index contributed by atoms with van der Waals surface area (Å²) in [5.74, 6) is -0.453. The van der Waals surface area contributed by atoms with Crippen LogP contribution in [0.15, 0.2) is 53.3 Å². The smallest absolute Gasteiger partial charge is 0.164 e. The van der Waals surface area contributed by atoms with E-state index in [1.165, 1.54) is 6.07 Å². The van der Waals surface area contributed by atoms with Crippen LogP contribution in [0.4, 0.5) is 10.1 Å². The van der Waals surface area contributed by atoms with Crippen LogP contribution in [0.3, 0.4) is 0 Å². The minimum atomic E-state index is -0.453. The van der Waals surface area contributed by atoms with Crippen molar-refractivity contribution in [2.75, 3.05) is 25.5 Å². The van der Waals surface area contributed by atoms with E-state index in [2.05, 4.69) is 34.1 Å². The van der Waals surface area contributed by atoms with Crippen molar-refractivity contribution in [3.63, 3.8) is 0 Å². The Morgan fingerprint density at radius 3 is 2.84 bits per heavy atom. The van der Waals surface area contributed by atoms with Crippen LogP contribution in [-0.2, 0) is 0 Å². The van der Waals surface area contributed by atoms with Gasteiger partial charge in [0.15, 0.2) is 5.82 Å². The molecule has 25 heavy (non-hydrogen) atoms. The van der Waals surface area contributed by atoms with Gasteiger partial charge in [-0.05, 0) is 32.4 Å². The van der Waals surface area contributed by atoms with Crippen molar-refractivity contribution in [3.8, 4) is 0 Å². The Bertz CT molecular complexity index is 605. The van der Waals surface area contributed by atoms with E-state index >= 15 is 0 Å². The van der Waals surface area contributed by atoms with Crippen LogP contribution in [0.5, 0.6) is 0 Å². The Morgan fingerprint density at radius 1 is 1.48 bits per heavy atom. The molecule has 0 saturated carbocycles. The molecule has 1 rings (SSSR count). The summed E-state index contributed by atoms with van der Waals surface area (Å²) in [6.45, 7) is 12.8. The lowest BCUT2D eigenvalue weighted by Gasteiger charge is -2.22. The maximum Gasteiger partial charge on any atom is 0.164 e. The van der Waals surface area contributed by atoms with Crippen LogP contribution >= 0.6 is 11.6 Å². The van der Waals surface area contributed by atoms with Crippen LogP contribution in [0.1, 0.15) is 20.3 Å². The molecule has 0 aromatic heterocycles. The van der Waals surface area contributed by atoms with Crippen LogP contribution in [0, 0.1) is 5.82 Å². The quantitative estimate of drug-likeness (QED) is 0.340. The van der Waals surface area contributed by atoms with Gasteiger partial charge in [0.1, 0.15) is 6.17 Å². The van der Waals surface area contributed by atoms with Gasteiger partial charge in [0.05, 0.1) is 10.7 Å². The standard InChI is InChI=1S/C18H27ClFN5/c1-6-11-21-14(4)23-24-25(5)12-10-16(13(2)3)22-17-9-7-8-15(19)18(17)20/h6-9,14,16,21-22H,1-2,10-12H2,3-5H3/b24-23-. The first-order chi connectivity index (χ1) is 11.8. The maximum absolute atomic E-state index is 14.1. The predicted molar refractivity (Wildman–Crippen MR) is 103 cm³/mol. The highest BCUT2D eigenvalue weighted by atomic mass is 35.5. The molecule has 0 radical (unpaired) electrons. The second-order valence-electron chi connectivity index (χ2n) is 5.89. The first kappa shape index (κ1) is 21.1. The topological polar surface area (TPSA) is 52.0 Å². The van der Waals surface area contributed by atoms with E-state index in [1.807, 2.05) is 20.9 Å². The van der Waals surface area contributed by atoms with Gasteiger partial charge in [-0.15, -0.1) is 6.58 Å². The molecule has 0 aliphatic rings. The van der Waals surface area contributed by atoms with E-state index in [0.29, 0.717) is 25.2 Å². The largest absolute Gasteiger partial charge is 0.376 e. The molecule has 7 heteroatoms. The molecule has 1 aromatic rings. The van der Waals surface area contributed by atoms with E-state index in [9.17, 15) is 4.39 Å². The molecule has 0 spiro atoms. The van der Waals surface area contributed by atoms with Crippen LogP contribution in [0.25, 0.3) is 0 Å². The highest BCUT2D eigenvalue weighted by Gasteiger charge is 2.14. The van der Waals surface area contributed by atoms with Gasteiger partial charge in [0, 0.05) is 26.2 Å². The molecule has 5 nitrogen and oxygen atoms in total. The number of hydrogen-bond acceptors (Lipinski definition) is 4. The number of nitrogens with one attached hydrogen (secondary N) is 2. The maximum atomic E-state index is 14.1. The van der Waals surface area contributed by atoms with E-state index in [-0.39, 0.29) is 17.2 Å². The molecule has 2 N–H and O–H groups in total. The second kappa shape index (κ2) is 10.8. The average Bonchev–Trinajstić information content (AvgIpc) is 2.58. The SMILES string of the molecule is C=CCNC(C)/N=N\N(C)CCC(Nc1cccc(Cl)c1F)C(=C)C. The molecule has 0 amide bonds. The Hall–Kier alpha value is -1.92. The minimum absolute atomic E-state index is 0.0870. The highest BCUT2D eigenvalue weighted by molar-refractivity contribution is 6.31. The molecule has 1 aromatic carbocycles. The van der Waals surface area contributed by atoms with Crippen LogP contribution in [0.2, 0.25) is 5.02 Å². The summed E-state index contributed by atoms with van der Waals surface area (Å²) in [6.07, 6.45) is 2.38. The van der Waals surface area contributed by atoms with Crippen molar-refractivity contribution in [1.29, 1.82) is 0 Å². The summed E-state index contributed by atoms with van der Waals surface area (Å²) < 4.78 is 14.1. The monoisotopic (exact) mass is 367 g/mol. The van der Waals surface area contributed by atoms with Gasteiger partial charge >= 0.3 is 0 Å². The van der Waals surface area contributed by atoms with Crippen molar-refractivity contribution >= 4 is 17.3 Å². The number of benzene rings is 1. The van der Waals surface area contributed by atoms with Gasteiger partial charge in [0.25, 0.3) is 0 Å². The number of nitrogens with zero attached hydrogens (tertiary/aromatic N) is 3. The second-order valence-corrected chi connectivity index (χ2v) is 6.30. The molecule has 0 aliphatic heterocycles. The lowest BCUT2D eigenvalue weighted by Crippen LogP contribution is -2.27. The summed E-state index contributed by atoms with van der Waals surface area (Å²) in [7, 11) is 1.85. The predicted octanol–water partition coefficient (Wildman–Crippen LogP) is 4.65. The summed E-state index contributed by atoms with van der Waals surface area (Å²) >= 11 is 5.83. The van der Waals surface area contributed by atoms with Crippen LogP contribution < -0.4 is 10.6 Å². The first-order valence-electron chi connectivity index (χ1n) is 8.17. The molecule has 0 heterocycles. The summed E-state index contributed by atoms with van der Waals surface area (Å²) in [5, 5.41) is 16.4. The number of rotatable bonds is 11. The summed E-state index contributed by atoms with van der Waals surface area (Å²) in [5.41, 5.74) is 1.28. The van der Waals surface area contributed by atoms with Gasteiger partial charge in [-0.3, -0.25) is 10.3 Å². The van der Waals surface area contributed by atoms with Gasteiger partial charge in [-0.2, -0.15) is 5.11 Å². The lowest BCUT2D eigenvalue weighted by atomic mass is 10.1. The molecule has 0 saturated heterocycles. The number of halogens is 2. The van der Waals surface area contributed by atoms with E-state index in [0.717, 1.165) is 5.57 Å².